The first kappa shape index (κ1) is 17.7. The molecule has 0 aromatic heterocycles. The first-order valence-corrected chi connectivity index (χ1v) is 6.82. The van der Waals surface area contributed by atoms with E-state index in [9.17, 15) is 26.7 Å². The Labute approximate surface area is 134 Å². The zero-order valence-corrected chi connectivity index (χ0v) is 12.2. The monoisotopic (exact) mass is 345 g/mol. The molecule has 8 heteroatoms. The Balaban J connectivity index is 1.92. The molecule has 2 aromatic carbocycles. The van der Waals surface area contributed by atoms with Gasteiger partial charge in [-0.15, -0.1) is 13.2 Å². The van der Waals surface area contributed by atoms with Crippen LogP contribution in [0.5, 0.6) is 5.75 Å². The summed E-state index contributed by atoms with van der Waals surface area (Å²) >= 11 is 0. The maximum atomic E-state index is 13.0. The van der Waals surface area contributed by atoms with Gasteiger partial charge < -0.3 is 10.1 Å². The number of hydrogen-bond acceptors (Lipinski definition) is 2. The minimum absolute atomic E-state index is 0.0462. The highest BCUT2D eigenvalue weighted by Crippen LogP contribution is 2.25. The summed E-state index contributed by atoms with van der Waals surface area (Å²) in [5, 5.41) is 2.41. The number of ether oxygens (including phenoxy) is 1. The van der Waals surface area contributed by atoms with Gasteiger partial charge in [0.2, 0.25) is 5.91 Å². The van der Waals surface area contributed by atoms with Gasteiger partial charge in [0.05, 0.1) is 0 Å². The molecule has 0 saturated heterocycles. The molecule has 0 saturated carbocycles. The minimum Gasteiger partial charge on any atom is -0.406 e. The van der Waals surface area contributed by atoms with E-state index in [1.165, 1.54) is 18.2 Å². The third-order valence-corrected chi connectivity index (χ3v) is 2.98. The minimum atomic E-state index is -4.82. The first-order chi connectivity index (χ1) is 11.2. The summed E-state index contributed by atoms with van der Waals surface area (Å²) in [5.41, 5.74) is 0.560. The second kappa shape index (κ2) is 7.29. The molecule has 0 aliphatic rings. The number of rotatable bonds is 5. The normalized spacial score (nSPS) is 11.2. The fourth-order valence-corrected chi connectivity index (χ4v) is 1.95. The molecule has 0 atom stereocenters. The number of halogens is 5. The molecule has 0 aliphatic heterocycles. The molecule has 128 valence electrons. The van der Waals surface area contributed by atoms with Crippen LogP contribution in [0.3, 0.4) is 0 Å². The van der Waals surface area contributed by atoms with E-state index in [4.69, 9.17) is 0 Å². The highest BCUT2D eigenvalue weighted by atomic mass is 19.4. The number of aryl methyl sites for hydroxylation is 1. The lowest BCUT2D eigenvalue weighted by atomic mass is 10.1. The quantitative estimate of drug-likeness (QED) is 0.814. The van der Waals surface area contributed by atoms with Crippen LogP contribution in [0.25, 0.3) is 0 Å². The van der Waals surface area contributed by atoms with Gasteiger partial charge in [0, 0.05) is 18.2 Å². The fourth-order valence-electron chi connectivity index (χ4n) is 1.95. The van der Waals surface area contributed by atoms with Crippen molar-refractivity contribution in [3.8, 4) is 5.75 Å². The molecule has 1 amide bonds. The highest BCUT2D eigenvalue weighted by molar-refractivity contribution is 5.91. The van der Waals surface area contributed by atoms with E-state index in [0.29, 0.717) is 5.56 Å². The Kier molecular flexibility index (Phi) is 5.38. The number of anilines is 1. The topological polar surface area (TPSA) is 38.3 Å². The van der Waals surface area contributed by atoms with Gasteiger partial charge in [-0.3, -0.25) is 4.79 Å². The third kappa shape index (κ3) is 5.53. The SMILES string of the molecule is O=C(CCc1ccc(F)c(F)c1)Nc1cccc(OC(F)(F)F)c1. The van der Waals surface area contributed by atoms with E-state index in [1.54, 1.807) is 0 Å². The number of hydrogen-bond donors (Lipinski definition) is 1. The molecule has 2 aromatic rings. The Morgan fingerprint density at radius 1 is 1.04 bits per heavy atom. The molecule has 0 unspecified atom stereocenters. The van der Waals surface area contributed by atoms with Crippen LogP contribution in [-0.2, 0) is 11.2 Å². The number of carbonyl (C=O) groups is 1. The van der Waals surface area contributed by atoms with Gasteiger partial charge in [-0.2, -0.15) is 0 Å². The predicted molar refractivity (Wildman–Crippen MR) is 76.4 cm³/mol. The van der Waals surface area contributed by atoms with Crippen molar-refractivity contribution in [3.05, 3.63) is 59.7 Å². The number of benzene rings is 2. The van der Waals surface area contributed by atoms with Crippen molar-refractivity contribution in [1.29, 1.82) is 0 Å². The fraction of sp³-hybridized carbons (Fsp3) is 0.188. The van der Waals surface area contributed by atoms with Gasteiger partial charge in [0.15, 0.2) is 11.6 Å². The highest BCUT2D eigenvalue weighted by Gasteiger charge is 2.31. The van der Waals surface area contributed by atoms with Gasteiger partial charge in [0.1, 0.15) is 5.75 Å². The van der Waals surface area contributed by atoms with Crippen molar-refractivity contribution in [2.24, 2.45) is 0 Å². The van der Waals surface area contributed by atoms with E-state index in [1.807, 2.05) is 0 Å². The summed E-state index contributed by atoms with van der Waals surface area (Å²) in [6, 6.07) is 8.13. The van der Waals surface area contributed by atoms with Crippen LogP contribution in [0, 0.1) is 11.6 Å². The van der Waals surface area contributed by atoms with Gasteiger partial charge in [0.25, 0.3) is 0 Å². The van der Waals surface area contributed by atoms with E-state index in [2.05, 4.69) is 10.1 Å². The summed E-state index contributed by atoms with van der Waals surface area (Å²) < 4.78 is 66.0. The van der Waals surface area contributed by atoms with Gasteiger partial charge >= 0.3 is 6.36 Å². The molecule has 0 spiro atoms. The zero-order valence-electron chi connectivity index (χ0n) is 12.2. The predicted octanol–water partition coefficient (Wildman–Crippen LogP) is 4.43. The Morgan fingerprint density at radius 2 is 1.79 bits per heavy atom. The summed E-state index contributed by atoms with van der Waals surface area (Å²) in [6.07, 6.45) is -4.72. The molecule has 0 fully saturated rings. The average Bonchev–Trinajstić information content (AvgIpc) is 2.47. The van der Waals surface area contributed by atoms with Crippen molar-refractivity contribution in [3.63, 3.8) is 0 Å². The van der Waals surface area contributed by atoms with Crippen molar-refractivity contribution in [2.45, 2.75) is 19.2 Å². The second-order valence-electron chi connectivity index (χ2n) is 4.87. The second-order valence-corrected chi connectivity index (χ2v) is 4.87. The zero-order chi connectivity index (χ0) is 17.7. The number of alkyl halides is 3. The van der Waals surface area contributed by atoms with Gasteiger partial charge in [-0.25, -0.2) is 8.78 Å². The molecular weight excluding hydrogens is 333 g/mol. The number of carbonyl (C=O) groups excluding carboxylic acids is 1. The third-order valence-electron chi connectivity index (χ3n) is 2.98. The summed E-state index contributed by atoms with van der Waals surface area (Å²) in [4.78, 5) is 11.8. The lowest BCUT2D eigenvalue weighted by Crippen LogP contribution is -2.17. The summed E-state index contributed by atoms with van der Waals surface area (Å²) in [6.45, 7) is 0. The molecule has 0 radical (unpaired) electrons. The van der Waals surface area contributed by atoms with Crippen LogP contribution >= 0.6 is 0 Å². The summed E-state index contributed by atoms with van der Waals surface area (Å²) in [5.74, 6) is -2.93. The average molecular weight is 345 g/mol. The number of nitrogens with one attached hydrogen (secondary N) is 1. The van der Waals surface area contributed by atoms with E-state index in [-0.39, 0.29) is 18.5 Å². The van der Waals surface area contributed by atoms with E-state index >= 15 is 0 Å². The van der Waals surface area contributed by atoms with Crippen LogP contribution in [0.2, 0.25) is 0 Å². The van der Waals surface area contributed by atoms with Crippen LogP contribution in [-0.4, -0.2) is 12.3 Å². The standard InChI is InChI=1S/C16H12F5NO2/c17-13-6-4-10(8-14(13)18)5-7-15(23)22-11-2-1-3-12(9-11)24-16(19,20)21/h1-4,6,8-9H,5,7H2,(H,22,23). The van der Waals surface area contributed by atoms with E-state index in [0.717, 1.165) is 24.3 Å². The van der Waals surface area contributed by atoms with E-state index < -0.39 is 29.7 Å². The Bertz CT molecular complexity index is 731. The summed E-state index contributed by atoms with van der Waals surface area (Å²) in [7, 11) is 0. The Morgan fingerprint density at radius 3 is 2.46 bits per heavy atom. The molecule has 2 rings (SSSR count). The maximum Gasteiger partial charge on any atom is 0.573 e. The smallest absolute Gasteiger partial charge is 0.406 e. The number of amides is 1. The Hall–Kier alpha value is -2.64. The molecule has 0 bridgehead atoms. The van der Waals surface area contributed by atoms with Gasteiger partial charge in [-0.1, -0.05) is 12.1 Å². The lowest BCUT2D eigenvalue weighted by Gasteiger charge is -2.10. The van der Waals surface area contributed by atoms with Crippen LogP contribution in [0.1, 0.15) is 12.0 Å². The molecule has 0 aliphatic carbocycles. The van der Waals surface area contributed by atoms with Crippen molar-refractivity contribution in [1.82, 2.24) is 0 Å². The van der Waals surface area contributed by atoms with Crippen LogP contribution in [0.15, 0.2) is 42.5 Å². The lowest BCUT2D eigenvalue weighted by molar-refractivity contribution is -0.274. The largest absolute Gasteiger partial charge is 0.573 e. The molecular formula is C16H12F5NO2. The molecule has 24 heavy (non-hydrogen) atoms. The molecule has 3 nitrogen and oxygen atoms in total. The first-order valence-electron chi connectivity index (χ1n) is 6.82. The van der Waals surface area contributed by atoms with Crippen LogP contribution < -0.4 is 10.1 Å². The van der Waals surface area contributed by atoms with Crippen molar-refractivity contribution < 1.29 is 31.5 Å². The van der Waals surface area contributed by atoms with Crippen molar-refractivity contribution in [2.75, 3.05) is 5.32 Å². The maximum absolute atomic E-state index is 13.0. The molecule has 1 N–H and O–H groups in total. The van der Waals surface area contributed by atoms with Crippen molar-refractivity contribution >= 4 is 11.6 Å². The van der Waals surface area contributed by atoms with Gasteiger partial charge in [-0.05, 0) is 36.2 Å². The molecule has 0 heterocycles. The van der Waals surface area contributed by atoms with Crippen LogP contribution in [0.4, 0.5) is 27.6 Å².